The van der Waals surface area contributed by atoms with Gasteiger partial charge in [0.25, 0.3) is 5.91 Å². The van der Waals surface area contributed by atoms with Gasteiger partial charge in [0.2, 0.25) is 5.91 Å². The van der Waals surface area contributed by atoms with Gasteiger partial charge < -0.3 is 10.6 Å². The van der Waals surface area contributed by atoms with Gasteiger partial charge in [-0.2, -0.15) is 0 Å². The number of carbonyl (C=O) groups excluding carboxylic acids is 2. The average molecular weight is 384 g/mol. The maximum atomic E-state index is 12.2. The van der Waals surface area contributed by atoms with Crippen LogP contribution in [0.25, 0.3) is 0 Å². The summed E-state index contributed by atoms with van der Waals surface area (Å²) in [6, 6.07) is 9.86. The molecule has 0 radical (unpaired) electrons. The van der Waals surface area contributed by atoms with E-state index in [0.29, 0.717) is 27.7 Å². The van der Waals surface area contributed by atoms with Crippen molar-refractivity contribution in [2.24, 2.45) is 0 Å². The minimum absolute atomic E-state index is 0.226. The maximum Gasteiger partial charge on any atom is 0.251 e. The monoisotopic (exact) mass is 382 g/mol. The first-order valence-electron chi connectivity index (χ1n) is 7.29. The third kappa shape index (κ3) is 3.36. The third-order valence-electron chi connectivity index (χ3n) is 3.83. The van der Waals surface area contributed by atoms with Crippen LogP contribution in [0.15, 0.2) is 36.4 Å². The van der Waals surface area contributed by atoms with Crippen LogP contribution in [0.4, 0.5) is 5.69 Å². The molecule has 2 aromatic rings. The molecule has 0 bridgehead atoms. The lowest BCUT2D eigenvalue weighted by Crippen LogP contribution is -2.33. The molecule has 0 aliphatic carbocycles. The van der Waals surface area contributed by atoms with Crippen molar-refractivity contribution >= 4 is 52.3 Å². The fourth-order valence-corrected chi connectivity index (χ4v) is 3.20. The highest BCUT2D eigenvalue weighted by Crippen LogP contribution is 2.40. The minimum atomic E-state index is -0.770. The lowest BCUT2D eigenvalue weighted by molar-refractivity contribution is -0.126. The number of anilines is 1. The molecule has 3 rings (SSSR count). The van der Waals surface area contributed by atoms with Gasteiger partial charge in [0.15, 0.2) is 0 Å². The van der Waals surface area contributed by atoms with Crippen molar-refractivity contribution in [2.45, 2.75) is 18.9 Å². The fourth-order valence-electron chi connectivity index (χ4n) is 2.60. The Bertz CT molecular complexity index is 823. The molecule has 1 aliphatic rings. The van der Waals surface area contributed by atoms with Gasteiger partial charge in [-0.05, 0) is 24.1 Å². The van der Waals surface area contributed by atoms with Crippen LogP contribution in [0.2, 0.25) is 15.1 Å². The molecule has 2 aromatic carbocycles. The van der Waals surface area contributed by atoms with E-state index < -0.39 is 6.04 Å². The molecule has 1 heterocycles. The Labute approximate surface area is 154 Å². The standard InChI is InChI=1S/C17H13Cl3N2O2/c18-11-4-2-1-3-9(11)5-8-13(23)21-16-10-6-7-12(19)14(20)15(10)22-17(16)24/h1-4,6-7,16H,5,8H2,(H,21,23)(H,22,24)/t16-/m1/s1. The van der Waals surface area contributed by atoms with Gasteiger partial charge in [-0.25, -0.2) is 0 Å². The van der Waals surface area contributed by atoms with Crippen molar-refractivity contribution in [1.82, 2.24) is 5.32 Å². The molecule has 124 valence electrons. The molecule has 1 atom stereocenters. The number of rotatable bonds is 4. The van der Waals surface area contributed by atoms with Crippen LogP contribution in [-0.4, -0.2) is 11.8 Å². The predicted molar refractivity (Wildman–Crippen MR) is 95.7 cm³/mol. The van der Waals surface area contributed by atoms with Gasteiger partial charge in [-0.3, -0.25) is 9.59 Å². The fraction of sp³-hybridized carbons (Fsp3) is 0.176. The first-order chi connectivity index (χ1) is 11.5. The summed E-state index contributed by atoms with van der Waals surface area (Å²) in [4.78, 5) is 24.3. The van der Waals surface area contributed by atoms with Crippen molar-refractivity contribution < 1.29 is 9.59 Å². The Morgan fingerprint density at radius 3 is 2.58 bits per heavy atom. The van der Waals surface area contributed by atoms with Crippen molar-refractivity contribution in [3.8, 4) is 0 Å². The van der Waals surface area contributed by atoms with Gasteiger partial charge in [0, 0.05) is 17.0 Å². The van der Waals surface area contributed by atoms with E-state index in [0.717, 1.165) is 5.56 Å². The number of halogens is 3. The van der Waals surface area contributed by atoms with Crippen LogP contribution in [0.5, 0.6) is 0 Å². The summed E-state index contributed by atoms with van der Waals surface area (Å²) in [5.74, 6) is -0.575. The topological polar surface area (TPSA) is 58.2 Å². The van der Waals surface area contributed by atoms with Crippen LogP contribution in [0.3, 0.4) is 0 Å². The van der Waals surface area contributed by atoms with Gasteiger partial charge >= 0.3 is 0 Å². The predicted octanol–water partition coefficient (Wildman–Crippen LogP) is 4.39. The molecule has 0 fully saturated rings. The van der Waals surface area contributed by atoms with Crippen LogP contribution < -0.4 is 10.6 Å². The number of hydrogen-bond acceptors (Lipinski definition) is 2. The summed E-state index contributed by atoms with van der Waals surface area (Å²) in [6.07, 6.45) is 0.720. The smallest absolute Gasteiger partial charge is 0.251 e. The molecular formula is C17H13Cl3N2O2. The van der Waals surface area contributed by atoms with E-state index in [9.17, 15) is 9.59 Å². The van der Waals surface area contributed by atoms with Gasteiger partial charge in [0.1, 0.15) is 6.04 Å². The zero-order valence-corrected chi connectivity index (χ0v) is 14.7. The van der Waals surface area contributed by atoms with Gasteiger partial charge in [-0.15, -0.1) is 0 Å². The van der Waals surface area contributed by atoms with Crippen molar-refractivity contribution in [3.63, 3.8) is 0 Å². The van der Waals surface area contributed by atoms with Crippen LogP contribution in [0.1, 0.15) is 23.6 Å². The van der Waals surface area contributed by atoms with Crippen LogP contribution >= 0.6 is 34.8 Å². The number of aryl methyl sites for hydroxylation is 1. The van der Waals surface area contributed by atoms with E-state index >= 15 is 0 Å². The highest BCUT2D eigenvalue weighted by molar-refractivity contribution is 6.44. The summed E-state index contributed by atoms with van der Waals surface area (Å²) in [5.41, 5.74) is 1.95. The van der Waals surface area contributed by atoms with Crippen LogP contribution in [0, 0.1) is 0 Å². The number of nitrogens with one attached hydrogen (secondary N) is 2. The Morgan fingerprint density at radius 1 is 1.08 bits per heavy atom. The minimum Gasteiger partial charge on any atom is -0.340 e. The zero-order valence-electron chi connectivity index (χ0n) is 12.4. The van der Waals surface area contributed by atoms with Gasteiger partial charge in [-0.1, -0.05) is 59.1 Å². The van der Waals surface area contributed by atoms with Crippen molar-refractivity contribution in [3.05, 3.63) is 62.6 Å². The zero-order chi connectivity index (χ0) is 17.3. The lowest BCUT2D eigenvalue weighted by atomic mass is 10.1. The molecule has 0 unspecified atom stereocenters. The van der Waals surface area contributed by atoms with E-state index in [1.807, 2.05) is 18.2 Å². The van der Waals surface area contributed by atoms with Crippen LogP contribution in [-0.2, 0) is 16.0 Å². The largest absolute Gasteiger partial charge is 0.340 e. The molecule has 0 saturated carbocycles. The Kier molecular flexibility index (Phi) is 4.99. The second-order valence-electron chi connectivity index (χ2n) is 5.41. The summed E-state index contributed by atoms with van der Waals surface area (Å²) < 4.78 is 0. The van der Waals surface area contributed by atoms with Crippen molar-refractivity contribution in [2.75, 3.05) is 5.32 Å². The normalized spacial score (nSPS) is 15.8. The molecule has 0 aromatic heterocycles. The molecule has 24 heavy (non-hydrogen) atoms. The van der Waals surface area contributed by atoms with E-state index in [4.69, 9.17) is 34.8 Å². The third-order valence-corrected chi connectivity index (χ3v) is 5.01. The molecule has 7 heteroatoms. The van der Waals surface area contributed by atoms with E-state index in [2.05, 4.69) is 10.6 Å². The maximum absolute atomic E-state index is 12.2. The second kappa shape index (κ2) is 7.01. The van der Waals surface area contributed by atoms with Gasteiger partial charge in [0.05, 0.1) is 15.7 Å². The molecule has 0 spiro atoms. The Hall–Kier alpha value is -1.75. The summed E-state index contributed by atoms with van der Waals surface area (Å²) in [5, 5.41) is 6.62. The highest BCUT2D eigenvalue weighted by Gasteiger charge is 2.33. The second-order valence-corrected chi connectivity index (χ2v) is 6.60. The number of carbonyl (C=O) groups is 2. The Balaban J connectivity index is 1.69. The summed E-state index contributed by atoms with van der Waals surface area (Å²) in [7, 11) is 0. The molecular weight excluding hydrogens is 371 g/mol. The molecule has 1 aliphatic heterocycles. The number of fused-ring (bicyclic) bond motifs is 1. The first-order valence-corrected chi connectivity index (χ1v) is 8.42. The van der Waals surface area contributed by atoms with Crippen molar-refractivity contribution in [1.29, 1.82) is 0 Å². The molecule has 0 saturated heterocycles. The average Bonchev–Trinajstić information content (AvgIpc) is 2.87. The molecule has 4 nitrogen and oxygen atoms in total. The number of hydrogen-bond donors (Lipinski definition) is 2. The Morgan fingerprint density at radius 2 is 1.83 bits per heavy atom. The molecule has 2 amide bonds. The quantitative estimate of drug-likeness (QED) is 0.822. The van der Waals surface area contributed by atoms with E-state index in [1.54, 1.807) is 18.2 Å². The van der Waals surface area contributed by atoms with E-state index in [1.165, 1.54) is 0 Å². The van der Waals surface area contributed by atoms with E-state index in [-0.39, 0.29) is 23.3 Å². The number of amides is 2. The summed E-state index contributed by atoms with van der Waals surface area (Å²) >= 11 is 18.1. The number of benzene rings is 2. The first kappa shape index (κ1) is 17.1. The SMILES string of the molecule is O=C(CCc1ccccc1Cl)N[C@H]1C(=O)Nc2c1ccc(Cl)c2Cl. The summed E-state index contributed by atoms with van der Waals surface area (Å²) in [6.45, 7) is 0. The lowest BCUT2D eigenvalue weighted by Gasteiger charge is -2.12. The molecule has 2 N–H and O–H groups in total. The highest BCUT2D eigenvalue weighted by atomic mass is 35.5.